The number of amides is 2. The van der Waals surface area contributed by atoms with Gasteiger partial charge in [0.2, 0.25) is 0 Å². The molecule has 1 aromatic carbocycles. The fraction of sp³-hybridized carbons (Fsp3) is 0.630. The highest BCUT2D eigenvalue weighted by Gasteiger charge is 2.39. The number of hydrogen-bond acceptors (Lipinski definition) is 5. The van der Waals surface area contributed by atoms with Crippen molar-refractivity contribution in [2.75, 3.05) is 33.4 Å². The van der Waals surface area contributed by atoms with Gasteiger partial charge in [-0.2, -0.15) is 0 Å². The van der Waals surface area contributed by atoms with Gasteiger partial charge < -0.3 is 28.6 Å². The number of unbranched alkanes of at least 4 members (excludes halogenated alkanes) is 1. The van der Waals surface area contributed by atoms with Crippen molar-refractivity contribution in [2.45, 2.75) is 77.3 Å². The molecule has 2 aromatic rings. The van der Waals surface area contributed by atoms with Gasteiger partial charge >= 0.3 is 6.09 Å². The molecule has 4 rings (SSSR count). The van der Waals surface area contributed by atoms with Gasteiger partial charge in [-0.3, -0.25) is 4.79 Å². The summed E-state index contributed by atoms with van der Waals surface area (Å²) in [6, 6.07) is 6.42. The monoisotopic (exact) mass is 519 g/mol. The minimum atomic E-state index is -0.685. The molecule has 36 heavy (non-hydrogen) atoms. The largest absolute Gasteiger partial charge is 0.444 e. The van der Waals surface area contributed by atoms with Crippen molar-refractivity contribution in [1.29, 1.82) is 0 Å². The Labute approximate surface area is 218 Å². The SMILES string of the molecule is COCCCCn1cc(Cl)c2ccc(CN(C(=O)C3CN(C(=O)OC(C)(C)C)CCO3)C3CC3)cc21. The van der Waals surface area contributed by atoms with Crippen molar-refractivity contribution in [3.63, 3.8) is 0 Å². The molecule has 1 unspecified atom stereocenters. The van der Waals surface area contributed by atoms with E-state index in [9.17, 15) is 9.59 Å². The van der Waals surface area contributed by atoms with Crippen LogP contribution in [0.3, 0.4) is 0 Å². The number of fused-ring (bicyclic) bond motifs is 1. The van der Waals surface area contributed by atoms with Crippen molar-refractivity contribution < 1.29 is 23.8 Å². The summed E-state index contributed by atoms with van der Waals surface area (Å²) in [6.07, 6.45) is 4.84. The van der Waals surface area contributed by atoms with Crippen molar-refractivity contribution in [2.24, 2.45) is 0 Å². The number of carbonyl (C=O) groups is 2. The molecule has 2 fully saturated rings. The number of carbonyl (C=O) groups excluding carboxylic acids is 2. The van der Waals surface area contributed by atoms with E-state index in [0.717, 1.165) is 60.3 Å². The lowest BCUT2D eigenvalue weighted by molar-refractivity contribution is -0.150. The van der Waals surface area contributed by atoms with Gasteiger partial charge in [0.1, 0.15) is 5.60 Å². The van der Waals surface area contributed by atoms with E-state index in [-0.39, 0.29) is 18.5 Å². The highest BCUT2D eigenvalue weighted by molar-refractivity contribution is 6.35. The molecular formula is C27H38ClN3O5. The molecule has 0 spiro atoms. The summed E-state index contributed by atoms with van der Waals surface area (Å²) in [4.78, 5) is 29.6. The minimum Gasteiger partial charge on any atom is -0.444 e. The van der Waals surface area contributed by atoms with Gasteiger partial charge in [0.25, 0.3) is 5.91 Å². The summed E-state index contributed by atoms with van der Waals surface area (Å²) in [5, 5.41) is 1.75. The van der Waals surface area contributed by atoms with Crippen LogP contribution in [0.5, 0.6) is 0 Å². The number of halogens is 1. The molecule has 2 heterocycles. The number of aryl methyl sites for hydroxylation is 1. The van der Waals surface area contributed by atoms with E-state index < -0.39 is 17.8 Å². The van der Waals surface area contributed by atoms with Gasteiger partial charge in [0, 0.05) is 56.5 Å². The number of ether oxygens (including phenoxy) is 3. The van der Waals surface area contributed by atoms with Crippen LogP contribution in [0.2, 0.25) is 5.02 Å². The Balaban J connectivity index is 1.46. The number of benzene rings is 1. The first kappa shape index (κ1) is 26.8. The second kappa shape index (κ2) is 11.4. The Hall–Kier alpha value is -2.29. The molecular weight excluding hydrogens is 482 g/mol. The molecule has 0 radical (unpaired) electrons. The quantitative estimate of drug-likeness (QED) is 0.443. The average molecular weight is 520 g/mol. The number of hydrogen-bond donors (Lipinski definition) is 0. The van der Waals surface area contributed by atoms with Gasteiger partial charge in [-0.1, -0.05) is 23.7 Å². The Morgan fingerprint density at radius 3 is 2.69 bits per heavy atom. The van der Waals surface area contributed by atoms with E-state index in [1.165, 1.54) is 0 Å². The fourth-order valence-corrected chi connectivity index (χ4v) is 4.83. The van der Waals surface area contributed by atoms with Gasteiger partial charge in [-0.05, 0) is 58.1 Å². The zero-order valence-electron chi connectivity index (χ0n) is 21.8. The third-order valence-corrected chi connectivity index (χ3v) is 6.81. The van der Waals surface area contributed by atoms with E-state index in [1.54, 1.807) is 12.0 Å². The molecule has 1 aromatic heterocycles. The summed E-state index contributed by atoms with van der Waals surface area (Å²) in [5.74, 6) is -0.0705. The first-order valence-electron chi connectivity index (χ1n) is 12.8. The third-order valence-electron chi connectivity index (χ3n) is 6.51. The van der Waals surface area contributed by atoms with Crippen molar-refractivity contribution >= 4 is 34.5 Å². The highest BCUT2D eigenvalue weighted by atomic mass is 35.5. The molecule has 1 saturated heterocycles. The van der Waals surface area contributed by atoms with E-state index in [1.807, 2.05) is 44.0 Å². The van der Waals surface area contributed by atoms with Crippen LogP contribution in [0.15, 0.2) is 24.4 Å². The second-order valence-electron chi connectivity index (χ2n) is 10.7. The van der Waals surface area contributed by atoms with Gasteiger partial charge in [-0.25, -0.2) is 4.79 Å². The van der Waals surface area contributed by atoms with Gasteiger partial charge in [-0.15, -0.1) is 0 Å². The number of methoxy groups -OCH3 is 1. The molecule has 1 aliphatic carbocycles. The molecule has 1 saturated carbocycles. The first-order valence-corrected chi connectivity index (χ1v) is 13.2. The number of morpholine rings is 1. The lowest BCUT2D eigenvalue weighted by Crippen LogP contribution is -2.53. The maximum absolute atomic E-state index is 13.6. The summed E-state index contributed by atoms with van der Waals surface area (Å²) in [5.41, 5.74) is 1.54. The predicted molar refractivity (Wildman–Crippen MR) is 139 cm³/mol. The van der Waals surface area contributed by atoms with Crippen LogP contribution in [0.25, 0.3) is 10.9 Å². The smallest absolute Gasteiger partial charge is 0.410 e. The van der Waals surface area contributed by atoms with E-state index in [4.69, 9.17) is 25.8 Å². The maximum Gasteiger partial charge on any atom is 0.410 e. The van der Waals surface area contributed by atoms with Crippen LogP contribution >= 0.6 is 11.6 Å². The standard InChI is InChI=1S/C27H38ClN3O5/c1-27(2,3)36-26(33)30-12-14-35-24(18-30)25(32)31(20-8-9-20)16-19-7-10-21-22(28)17-29(23(21)15-19)11-5-6-13-34-4/h7,10,15,17,20,24H,5-6,8-9,11-14,16,18H2,1-4H3. The fourth-order valence-electron chi connectivity index (χ4n) is 4.55. The Kier molecular flexibility index (Phi) is 8.48. The predicted octanol–water partition coefficient (Wildman–Crippen LogP) is 4.85. The zero-order valence-corrected chi connectivity index (χ0v) is 22.6. The molecule has 2 amide bonds. The lowest BCUT2D eigenvalue weighted by Gasteiger charge is -2.36. The second-order valence-corrected chi connectivity index (χ2v) is 11.1. The van der Waals surface area contributed by atoms with E-state index in [0.29, 0.717) is 19.7 Å². The number of aromatic nitrogens is 1. The van der Waals surface area contributed by atoms with Crippen LogP contribution in [-0.2, 0) is 32.1 Å². The number of rotatable bonds is 9. The van der Waals surface area contributed by atoms with Gasteiger partial charge in [0.05, 0.1) is 18.2 Å². The molecule has 2 aliphatic rings. The highest BCUT2D eigenvalue weighted by Crippen LogP contribution is 2.32. The lowest BCUT2D eigenvalue weighted by atomic mass is 10.1. The van der Waals surface area contributed by atoms with E-state index >= 15 is 0 Å². The first-order chi connectivity index (χ1) is 17.2. The van der Waals surface area contributed by atoms with Crippen LogP contribution < -0.4 is 0 Å². The molecule has 1 atom stereocenters. The summed E-state index contributed by atoms with van der Waals surface area (Å²) < 4.78 is 18.7. The van der Waals surface area contributed by atoms with Crippen molar-refractivity contribution in [3.05, 3.63) is 35.0 Å². The van der Waals surface area contributed by atoms with Crippen LogP contribution in [-0.4, -0.2) is 77.5 Å². The minimum absolute atomic E-state index is 0.0705. The summed E-state index contributed by atoms with van der Waals surface area (Å²) in [7, 11) is 1.72. The van der Waals surface area contributed by atoms with Crippen LogP contribution in [0, 0.1) is 0 Å². The number of nitrogens with zero attached hydrogens (tertiary/aromatic N) is 3. The summed E-state index contributed by atoms with van der Waals surface area (Å²) in [6.45, 7) is 8.54. The molecule has 8 nitrogen and oxygen atoms in total. The Bertz CT molecular complexity index is 1080. The zero-order chi connectivity index (χ0) is 25.9. The van der Waals surface area contributed by atoms with E-state index in [2.05, 4.69) is 10.6 Å². The molecule has 198 valence electrons. The Morgan fingerprint density at radius 2 is 2.00 bits per heavy atom. The maximum atomic E-state index is 13.6. The van der Waals surface area contributed by atoms with Crippen LogP contribution in [0.4, 0.5) is 4.79 Å². The summed E-state index contributed by atoms with van der Waals surface area (Å²) >= 11 is 6.50. The molecule has 0 N–H and O–H groups in total. The molecule has 0 bridgehead atoms. The average Bonchev–Trinajstić information content (AvgIpc) is 3.63. The Morgan fingerprint density at radius 1 is 1.22 bits per heavy atom. The van der Waals surface area contributed by atoms with Gasteiger partial charge in [0.15, 0.2) is 6.10 Å². The normalized spacial score (nSPS) is 18.5. The molecule has 1 aliphatic heterocycles. The third kappa shape index (κ3) is 6.72. The topological polar surface area (TPSA) is 73.2 Å². The molecule has 9 heteroatoms. The van der Waals surface area contributed by atoms with Crippen LogP contribution in [0.1, 0.15) is 52.0 Å². The van der Waals surface area contributed by atoms with Crippen molar-refractivity contribution in [3.8, 4) is 0 Å². The van der Waals surface area contributed by atoms with Crippen molar-refractivity contribution in [1.82, 2.24) is 14.4 Å².